The van der Waals surface area contributed by atoms with E-state index in [0.717, 1.165) is 11.1 Å². The van der Waals surface area contributed by atoms with Crippen LogP contribution in [-0.4, -0.2) is 47.5 Å². The first-order valence-electron chi connectivity index (χ1n) is 12.0. The molecular weight excluding hydrogens is 465 g/mol. The maximum Gasteiger partial charge on any atom is 0.410 e. The highest BCUT2D eigenvalue weighted by molar-refractivity contribution is 5.94. The van der Waals surface area contributed by atoms with E-state index >= 15 is 0 Å². The van der Waals surface area contributed by atoms with E-state index in [1.54, 1.807) is 64.1 Å². The third kappa shape index (κ3) is 5.58. The van der Waals surface area contributed by atoms with Crippen molar-refractivity contribution in [2.75, 3.05) is 13.2 Å². The molecule has 0 aliphatic carbocycles. The van der Waals surface area contributed by atoms with Gasteiger partial charge in [-0.05, 0) is 75.6 Å². The first kappa shape index (κ1) is 25.4. The first-order valence-corrected chi connectivity index (χ1v) is 12.0. The van der Waals surface area contributed by atoms with Crippen molar-refractivity contribution in [2.45, 2.75) is 58.1 Å². The molecule has 190 valence electrons. The topological polar surface area (TPSA) is 86.1 Å². The van der Waals surface area contributed by atoms with Gasteiger partial charge in [-0.3, -0.25) is 9.69 Å². The Morgan fingerprint density at radius 2 is 1.81 bits per heavy atom. The minimum absolute atomic E-state index is 0.0670. The smallest absolute Gasteiger partial charge is 0.410 e. The molecule has 2 heterocycles. The monoisotopic (exact) mass is 495 g/mol. The van der Waals surface area contributed by atoms with Crippen molar-refractivity contribution in [3.05, 3.63) is 71.2 Å². The van der Waals surface area contributed by atoms with Crippen LogP contribution >= 0.6 is 0 Å². The number of esters is 1. The average molecular weight is 496 g/mol. The Labute approximate surface area is 209 Å². The van der Waals surface area contributed by atoms with Crippen molar-refractivity contribution in [1.29, 1.82) is 0 Å². The van der Waals surface area contributed by atoms with E-state index in [0.29, 0.717) is 23.9 Å². The number of ether oxygens (including phenoxy) is 2. The van der Waals surface area contributed by atoms with Crippen LogP contribution in [0.1, 0.15) is 61.7 Å². The summed E-state index contributed by atoms with van der Waals surface area (Å²) < 4.78 is 29.7. The zero-order valence-corrected chi connectivity index (χ0v) is 20.9. The standard InChI is InChI=1S/C28H30FNO6/c1-5-34-26(32)24-16-19-14-17(6-11-23(19)35-24)15-22(31)25-21(18-7-9-20(29)10-8-18)12-13-30(25)27(33)36-28(2,3)4/h6-11,14,16,21,25H,5,12-13,15H2,1-4H3/t21-,25-/m0/s1. The van der Waals surface area contributed by atoms with Crippen LogP contribution < -0.4 is 0 Å². The SMILES string of the molecule is CCOC(=O)c1cc2cc(CC(=O)[C@@H]3[C@H](c4ccc(F)cc4)CCN3C(=O)OC(C)(C)C)ccc2o1. The van der Waals surface area contributed by atoms with Gasteiger partial charge in [0.05, 0.1) is 6.61 Å². The third-order valence-corrected chi connectivity index (χ3v) is 6.09. The highest BCUT2D eigenvalue weighted by atomic mass is 19.1. The highest BCUT2D eigenvalue weighted by Gasteiger charge is 2.43. The Morgan fingerprint density at radius 1 is 1.08 bits per heavy atom. The van der Waals surface area contributed by atoms with Crippen LogP contribution in [0.15, 0.2) is 52.9 Å². The van der Waals surface area contributed by atoms with Gasteiger partial charge in [0.15, 0.2) is 5.78 Å². The van der Waals surface area contributed by atoms with Crippen molar-refractivity contribution >= 4 is 28.8 Å². The molecule has 1 saturated heterocycles. The van der Waals surface area contributed by atoms with Crippen molar-refractivity contribution in [1.82, 2.24) is 4.90 Å². The number of furan rings is 1. The van der Waals surface area contributed by atoms with Crippen LogP contribution in [0.25, 0.3) is 11.0 Å². The molecule has 0 unspecified atom stereocenters. The fraction of sp³-hybridized carbons (Fsp3) is 0.393. The van der Waals surface area contributed by atoms with E-state index in [1.807, 2.05) is 0 Å². The zero-order chi connectivity index (χ0) is 26.0. The van der Waals surface area contributed by atoms with Gasteiger partial charge in [0.25, 0.3) is 0 Å². The number of fused-ring (bicyclic) bond motifs is 1. The van der Waals surface area contributed by atoms with E-state index < -0.39 is 23.7 Å². The van der Waals surface area contributed by atoms with E-state index in [-0.39, 0.29) is 36.3 Å². The number of amides is 1. The van der Waals surface area contributed by atoms with Crippen LogP contribution in [0, 0.1) is 5.82 Å². The summed E-state index contributed by atoms with van der Waals surface area (Å²) >= 11 is 0. The number of nitrogens with zero attached hydrogens (tertiary/aromatic N) is 1. The number of benzene rings is 2. The predicted octanol–water partition coefficient (Wildman–Crippen LogP) is 5.65. The summed E-state index contributed by atoms with van der Waals surface area (Å²) in [7, 11) is 0. The quantitative estimate of drug-likeness (QED) is 0.411. The molecule has 2 aromatic carbocycles. The molecule has 1 fully saturated rings. The molecule has 4 rings (SSSR count). The molecule has 1 aliphatic rings. The summed E-state index contributed by atoms with van der Waals surface area (Å²) in [6.45, 7) is 7.64. The summed E-state index contributed by atoms with van der Waals surface area (Å²) in [6, 6.07) is 12.1. The summed E-state index contributed by atoms with van der Waals surface area (Å²) in [6.07, 6.45) is 0.0810. The molecule has 0 spiro atoms. The van der Waals surface area contributed by atoms with Gasteiger partial charge in [-0.15, -0.1) is 0 Å². The maximum atomic E-state index is 13.7. The summed E-state index contributed by atoms with van der Waals surface area (Å²) in [4.78, 5) is 40.1. The number of ketones is 1. The fourth-order valence-corrected chi connectivity index (χ4v) is 4.59. The number of rotatable bonds is 6. The molecule has 1 aromatic heterocycles. The van der Waals surface area contributed by atoms with Crippen molar-refractivity contribution < 1.29 is 32.7 Å². The Kier molecular flexibility index (Phi) is 7.15. The van der Waals surface area contributed by atoms with Crippen LogP contribution in [0.2, 0.25) is 0 Å². The molecule has 1 aliphatic heterocycles. The van der Waals surface area contributed by atoms with Gasteiger partial charge >= 0.3 is 12.1 Å². The number of Topliss-reactive ketones (excluding diaryl/α,β-unsaturated/α-hetero) is 1. The lowest BCUT2D eigenvalue weighted by Crippen LogP contribution is -2.45. The Balaban J connectivity index is 1.60. The second kappa shape index (κ2) is 10.1. The van der Waals surface area contributed by atoms with Gasteiger partial charge in [-0.25, -0.2) is 14.0 Å². The molecular formula is C28H30FNO6. The lowest BCUT2D eigenvalue weighted by molar-refractivity contribution is -0.123. The lowest BCUT2D eigenvalue weighted by Gasteiger charge is -2.30. The maximum absolute atomic E-state index is 13.7. The van der Waals surface area contributed by atoms with Gasteiger partial charge < -0.3 is 13.9 Å². The largest absolute Gasteiger partial charge is 0.460 e. The molecule has 1 amide bonds. The Bertz CT molecular complexity index is 1270. The number of hydrogen-bond donors (Lipinski definition) is 0. The molecule has 0 N–H and O–H groups in total. The highest BCUT2D eigenvalue weighted by Crippen LogP contribution is 2.36. The van der Waals surface area contributed by atoms with Gasteiger partial charge in [0.2, 0.25) is 5.76 Å². The van der Waals surface area contributed by atoms with Crippen LogP contribution in [0.3, 0.4) is 0 Å². The van der Waals surface area contributed by atoms with E-state index in [4.69, 9.17) is 13.9 Å². The van der Waals surface area contributed by atoms with E-state index in [9.17, 15) is 18.8 Å². The predicted molar refractivity (Wildman–Crippen MR) is 131 cm³/mol. The van der Waals surface area contributed by atoms with Gasteiger partial charge in [0.1, 0.15) is 23.0 Å². The molecule has 2 atom stereocenters. The number of hydrogen-bond acceptors (Lipinski definition) is 6. The van der Waals surface area contributed by atoms with Crippen LogP contribution in [0.5, 0.6) is 0 Å². The number of carbonyl (C=O) groups excluding carboxylic acids is 3. The molecule has 0 bridgehead atoms. The Morgan fingerprint density at radius 3 is 2.47 bits per heavy atom. The Hall–Kier alpha value is -3.68. The number of carbonyl (C=O) groups is 3. The second-order valence-electron chi connectivity index (χ2n) is 9.91. The fourth-order valence-electron chi connectivity index (χ4n) is 4.59. The summed E-state index contributed by atoms with van der Waals surface area (Å²) in [5.74, 6) is -1.25. The van der Waals surface area contributed by atoms with Crippen molar-refractivity contribution in [3.63, 3.8) is 0 Å². The van der Waals surface area contributed by atoms with Crippen molar-refractivity contribution in [2.24, 2.45) is 0 Å². The van der Waals surface area contributed by atoms with Gasteiger partial charge in [-0.1, -0.05) is 18.2 Å². The van der Waals surface area contributed by atoms with E-state index in [2.05, 4.69) is 0 Å². The minimum Gasteiger partial charge on any atom is -0.460 e. The molecule has 7 nitrogen and oxygen atoms in total. The summed E-state index contributed by atoms with van der Waals surface area (Å²) in [5, 5.41) is 0.675. The lowest BCUT2D eigenvalue weighted by atomic mass is 9.87. The van der Waals surface area contributed by atoms with Crippen LogP contribution in [0.4, 0.5) is 9.18 Å². The van der Waals surface area contributed by atoms with Crippen molar-refractivity contribution in [3.8, 4) is 0 Å². The second-order valence-corrected chi connectivity index (χ2v) is 9.91. The molecule has 3 aromatic rings. The first-order chi connectivity index (χ1) is 17.1. The van der Waals surface area contributed by atoms with Gasteiger partial charge in [0, 0.05) is 24.3 Å². The molecule has 0 saturated carbocycles. The molecule has 8 heteroatoms. The zero-order valence-electron chi connectivity index (χ0n) is 20.9. The average Bonchev–Trinajstić information content (AvgIpc) is 3.43. The number of halogens is 1. The van der Waals surface area contributed by atoms with Gasteiger partial charge in [-0.2, -0.15) is 0 Å². The molecule has 36 heavy (non-hydrogen) atoms. The minimum atomic E-state index is -0.750. The van der Waals surface area contributed by atoms with E-state index in [1.165, 1.54) is 17.0 Å². The number of likely N-dealkylation sites (tertiary alicyclic amines) is 1. The van der Waals surface area contributed by atoms with Crippen LogP contribution in [-0.2, 0) is 20.7 Å². The summed E-state index contributed by atoms with van der Waals surface area (Å²) in [5.41, 5.74) is 1.32. The normalized spacial score (nSPS) is 17.9. The third-order valence-electron chi connectivity index (χ3n) is 6.09. The molecule has 0 radical (unpaired) electrons.